The Morgan fingerprint density at radius 2 is 2.31 bits per heavy atom. The molecule has 16 heavy (non-hydrogen) atoms. The minimum atomic E-state index is 0.581. The zero-order valence-electron chi connectivity index (χ0n) is 10.1. The van der Waals surface area contributed by atoms with Gasteiger partial charge < -0.3 is 15.1 Å². The zero-order chi connectivity index (χ0) is 11.5. The van der Waals surface area contributed by atoms with Gasteiger partial charge in [0.15, 0.2) is 0 Å². The van der Waals surface area contributed by atoms with Crippen LogP contribution in [0.25, 0.3) is 0 Å². The van der Waals surface area contributed by atoms with E-state index in [-0.39, 0.29) is 0 Å². The molecule has 1 aromatic rings. The molecule has 1 aliphatic heterocycles. The molecule has 0 aliphatic carbocycles. The first kappa shape index (κ1) is 11.1. The average molecular weight is 221 g/mol. The second kappa shape index (κ2) is 4.65. The van der Waals surface area contributed by atoms with Crippen LogP contribution >= 0.6 is 0 Å². The Morgan fingerprint density at radius 3 is 2.94 bits per heavy atom. The van der Waals surface area contributed by atoms with Crippen LogP contribution in [0, 0.1) is 0 Å². The molecular formula is C11H19N5. The van der Waals surface area contributed by atoms with Gasteiger partial charge >= 0.3 is 0 Å². The Balaban J connectivity index is 2.12. The molecule has 2 heterocycles. The van der Waals surface area contributed by atoms with E-state index < -0.39 is 0 Å². The standard InChI is InChI=1S/C11H19N5/c1-12-9-5-7-16(8-9)10-4-6-13-11(14-10)15(2)3/h4,6,9,12H,5,7-8H2,1-3H3. The quantitative estimate of drug-likeness (QED) is 0.797. The van der Waals surface area contributed by atoms with Crippen molar-refractivity contribution in [2.45, 2.75) is 12.5 Å². The minimum absolute atomic E-state index is 0.581. The second-order valence-corrected chi connectivity index (χ2v) is 4.33. The molecule has 0 aromatic carbocycles. The van der Waals surface area contributed by atoms with Crippen LogP contribution in [0.3, 0.4) is 0 Å². The number of aromatic nitrogens is 2. The average Bonchev–Trinajstić information content (AvgIpc) is 2.77. The first-order chi connectivity index (χ1) is 7.70. The summed E-state index contributed by atoms with van der Waals surface area (Å²) in [5, 5.41) is 3.31. The first-order valence-electron chi connectivity index (χ1n) is 5.63. The molecular weight excluding hydrogens is 202 g/mol. The molecule has 1 saturated heterocycles. The van der Waals surface area contributed by atoms with Crippen LogP contribution in [-0.4, -0.2) is 50.2 Å². The number of hydrogen-bond acceptors (Lipinski definition) is 5. The van der Waals surface area contributed by atoms with Gasteiger partial charge in [0, 0.05) is 39.4 Å². The fourth-order valence-corrected chi connectivity index (χ4v) is 1.93. The number of anilines is 2. The van der Waals surface area contributed by atoms with Crippen molar-refractivity contribution in [2.75, 3.05) is 44.0 Å². The third kappa shape index (κ3) is 2.24. The van der Waals surface area contributed by atoms with E-state index in [1.807, 2.05) is 38.3 Å². The predicted octanol–water partition coefficient (Wildman–Crippen LogP) is 0.341. The summed E-state index contributed by atoms with van der Waals surface area (Å²) in [7, 11) is 5.93. The van der Waals surface area contributed by atoms with Gasteiger partial charge in [-0.25, -0.2) is 4.98 Å². The molecule has 1 aliphatic rings. The summed E-state index contributed by atoms with van der Waals surface area (Å²) in [6, 6.07) is 2.56. The SMILES string of the molecule is CNC1CCN(c2ccnc(N(C)C)n2)C1. The summed E-state index contributed by atoms with van der Waals surface area (Å²) >= 11 is 0. The molecule has 88 valence electrons. The first-order valence-corrected chi connectivity index (χ1v) is 5.63. The Kier molecular flexibility index (Phi) is 3.24. The van der Waals surface area contributed by atoms with E-state index in [4.69, 9.17) is 0 Å². The Hall–Kier alpha value is -1.36. The van der Waals surface area contributed by atoms with Crippen LogP contribution in [0.2, 0.25) is 0 Å². The Morgan fingerprint density at radius 1 is 1.50 bits per heavy atom. The van der Waals surface area contributed by atoms with Crippen LogP contribution < -0.4 is 15.1 Å². The monoisotopic (exact) mass is 221 g/mol. The van der Waals surface area contributed by atoms with Crippen molar-refractivity contribution in [3.8, 4) is 0 Å². The van der Waals surface area contributed by atoms with Gasteiger partial charge in [-0.15, -0.1) is 0 Å². The van der Waals surface area contributed by atoms with Crippen molar-refractivity contribution in [2.24, 2.45) is 0 Å². The third-order valence-electron chi connectivity index (χ3n) is 2.95. The van der Waals surface area contributed by atoms with Crippen LogP contribution in [0.1, 0.15) is 6.42 Å². The fourth-order valence-electron chi connectivity index (χ4n) is 1.93. The summed E-state index contributed by atoms with van der Waals surface area (Å²) in [5.74, 6) is 1.79. The predicted molar refractivity (Wildman–Crippen MR) is 66.0 cm³/mol. The molecule has 1 fully saturated rings. The molecule has 1 atom stereocenters. The van der Waals surface area contributed by atoms with Crippen molar-refractivity contribution < 1.29 is 0 Å². The van der Waals surface area contributed by atoms with Gasteiger partial charge in [0.25, 0.3) is 0 Å². The molecule has 1 aromatic heterocycles. The van der Waals surface area contributed by atoms with E-state index in [9.17, 15) is 0 Å². The highest BCUT2D eigenvalue weighted by Crippen LogP contribution is 2.19. The molecule has 5 nitrogen and oxygen atoms in total. The number of nitrogens with one attached hydrogen (secondary N) is 1. The van der Waals surface area contributed by atoms with Gasteiger partial charge in [-0.3, -0.25) is 0 Å². The molecule has 0 bridgehead atoms. The van der Waals surface area contributed by atoms with Gasteiger partial charge in [-0.05, 0) is 19.5 Å². The van der Waals surface area contributed by atoms with Crippen molar-refractivity contribution in [1.29, 1.82) is 0 Å². The van der Waals surface area contributed by atoms with Crippen LogP contribution in [0.15, 0.2) is 12.3 Å². The summed E-state index contributed by atoms with van der Waals surface area (Å²) in [6.07, 6.45) is 3.00. The van der Waals surface area contributed by atoms with E-state index in [0.717, 1.165) is 24.9 Å². The molecule has 1 unspecified atom stereocenters. The zero-order valence-corrected chi connectivity index (χ0v) is 10.1. The number of hydrogen-bond donors (Lipinski definition) is 1. The summed E-state index contributed by atoms with van der Waals surface area (Å²) in [5.41, 5.74) is 0. The normalized spacial score (nSPS) is 20.2. The third-order valence-corrected chi connectivity index (χ3v) is 2.95. The lowest BCUT2D eigenvalue weighted by Gasteiger charge is -2.19. The smallest absolute Gasteiger partial charge is 0.226 e. The minimum Gasteiger partial charge on any atom is -0.355 e. The van der Waals surface area contributed by atoms with E-state index >= 15 is 0 Å². The van der Waals surface area contributed by atoms with E-state index in [0.29, 0.717) is 6.04 Å². The number of likely N-dealkylation sites (N-methyl/N-ethyl adjacent to an activating group) is 1. The van der Waals surface area contributed by atoms with Gasteiger partial charge in [0.1, 0.15) is 5.82 Å². The highest BCUT2D eigenvalue weighted by atomic mass is 15.3. The largest absolute Gasteiger partial charge is 0.355 e. The summed E-state index contributed by atoms with van der Waals surface area (Å²) in [4.78, 5) is 13.0. The molecule has 0 saturated carbocycles. The second-order valence-electron chi connectivity index (χ2n) is 4.33. The highest BCUT2D eigenvalue weighted by molar-refractivity contribution is 5.44. The lowest BCUT2D eigenvalue weighted by molar-refractivity contribution is 0.616. The Bertz CT molecular complexity index is 352. The van der Waals surface area contributed by atoms with E-state index in [1.165, 1.54) is 6.42 Å². The van der Waals surface area contributed by atoms with Crippen molar-refractivity contribution >= 4 is 11.8 Å². The van der Waals surface area contributed by atoms with Gasteiger partial charge in [0.2, 0.25) is 5.95 Å². The van der Waals surface area contributed by atoms with Crippen LogP contribution in [0.5, 0.6) is 0 Å². The number of rotatable bonds is 3. The summed E-state index contributed by atoms with van der Waals surface area (Å²) < 4.78 is 0. The molecule has 0 spiro atoms. The lowest BCUT2D eigenvalue weighted by atomic mass is 10.3. The molecule has 1 N–H and O–H groups in total. The van der Waals surface area contributed by atoms with Crippen LogP contribution in [-0.2, 0) is 0 Å². The maximum Gasteiger partial charge on any atom is 0.226 e. The molecule has 0 radical (unpaired) electrons. The van der Waals surface area contributed by atoms with Gasteiger partial charge in [-0.2, -0.15) is 4.98 Å². The van der Waals surface area contributed by atoms with Gasteiger partial charge in [-0.1, -0.05) is 0 Å². The summed E-state index contributed by atoms with van der Waals surface area (Å²) in [6.45, 7) is 2.09. The molecule has 2 rings (SSSR count). The van der Waals surface area contributed by atoms with Crippen molar-refractivity contribution in [1.82, 2.24) is 15.3 Å². The molecule has 5 heteroatoms. The maximum atomic E-state index is 4.54. The fraction of sp³-hybridized carbons (Fsp3) is 0.636. The van der Waals surface area contributed by atoms with Gasteiger partial charge in [0.05, 0.1) is 0 Å². The van der Waals surface area contributed by atoms with Crippen molar-refractivity contribution in [3.63, 3.8) is 0 Å². The van der Waals surface area contributed by atoms with Crippen molar-refractivity contribution in [3.05, 3.63) is 12.3 Å². The Labute approximate surface area is 96.5 Å². The van der Waals surface area contributed by atoms with Crippen LogP contribution in [0.4, 0.5) is 11.8 Å². The highest BCUT2D eigenvalue weighted by Gasteiger charge is 2.22. The lowest BCUT2D eigenvalue weighted by Crippen LogP contribution is -2.30. The van der Waals surface area contributed by atoms with E-state index in [1.54, 1.807) is 0 Å². The maximum absolute atomic E-state index is 4.54. The van der Waals surface area contributed by atoms with E-state index in [2.05, 4.69) is 20.2 Å². The molecule has 0 amide bonds. The topological polar surface area (TPSA) is 44.3 Å². The number of nitrogens with zero attached hydrogens (tertiary/aromatic N) is 4.